The smallest absolute Gasteiger partial charge is 0.269 e. The molecule has 0 unspecified atom stereocenters. The highest BCUT2D eigenvalue weighted by atomic mass is 16.1. The first-order chi connectivity index (χ1) is 9.27. The zero-order valence-corrected chi connectivity index (χ0v) is 11.6. The second kappa shape index (κ2) is 9.33. The van der Waals surface area contributed by atoms with Crippen molar-refractivity contribution in [1.29, 1.82) is 0 Å². The molecule has 1 aromatic heterocycles. The molecule has 0 radical (unpaired) electrons. The topological polar surface area (TPSA) is 80.0 Å². The van der Waals surface area contributed by atoms with E-state index in [9.17, 15) is 4.79 Å². The first-order valence-corrected chi connectivity index (χ1v) is 6.96. The summed E-state index contributed by atoms with van der Waals surface area (Å²) in [5.41, 5.74) is 6.84. The van der Waals surface area contributed by atoms with Crippen molar-refractivity contribution in [3.8, 4) is 0 Å². The summed E-state index contributed by atoms with van der Waals surface area (Å²) < 4.78 is 0. The van der Waals surface area contributed by atoms with Crippen LogP contribution in [-0.4, -0.2) is 30.5 Å². The van der Waals surface area contributed by atoms with Gasteiger partial charge in [0.05, 0.1) is 0 Å². The fourth-order valence-corrected chi connectivity index (χ4v) is 1.77. The molecule has 1 amide bonds. The van der Waals surface area contributed by atoms with Crippen molar-refractivity contribution in [1.82, 2.24) is 10.3 Å². The maximum Gasteiger partial charge on any atom is 0.269 e. The molecule has 4 N–H and O–H groups in total. The van der Waals surface area contributed by atoms with Gasteiger partial charge in [-0.1, -0.05) is 12.8 Å². The Bertz CT molecular complexity index is 381. The van der Waals surface area contributed by atoms with Crippen LogP contribution < -0.4 is 16.4 Å². The van der Waals surface area contributed by atoms with Gasteiger partial charge in [-0.25, -0.2) is 0 Å². The Balaban J connectivity index is 2.34. The van der Waals surface area contributed by atoms with E-state index in [1.54, 1.807) is 12.3 Å². The summed E-state index contributed by atoms with van der Waals surface area (Å²) in [6.45, 7) is 4.18. The van der Waals surface area contributed by atoms with Gasteiger partial charge in [-0.3, -0.25) is 9.78 Å². The maximum atomic E-state index is 11.6. The summed E-state index contributed by atoms with van der Waals surface area (Å²) in [7, 11) is 0. The molecule has 0 fully saturated rings. The monoisotopic (exact) mass is 264 g/mol. The van der Waals surface area contributed by atoms with E-state index in [4.69, 9.17) is 5.73 Å². The minimum absolute atomic E-state index is 0.130. The predicted octanol–water partition coefficient (Wildman–Crippen LogP) is 1.76. The van der Waals surface area contributed by atoms with Crippen LogP contribution in [0.25, 0.3) is 0 Å². The number of nitrogens with one attached hydrogen (secondary N) is 2. The van der Waals surface area contributed by atoms with Gasteiger partial charge in [0.2, 0.25) is 0 Å². The number of carbonyl (C=O) groups is 1. The van der Waals surface area contributed by atoms with E-state index in [0.29, 0.717) is 12.2 Å². The minimum atomic E-state index is -0.130. The second-order valence-electron chi connectivity index (χ2n) is 4.42. The fraction of sp³-hybridized carbons (Fsp3) is 0.571. The minimum Gasteiger partial charge on any atom is -0.385 e. The van der Waals surface area contributed by atoms with E-state index < -0.39 is 0 Å². The molecule has 0 saturated heterocycles. The molecule has 0 aliphatic heterocycles. The molecular weight excluding hydrogens is 240 g/mol. The lowest BCUT2D eigenvalue weighted by Gasteiger charge is -2.07. The Kier molecular flexibility index (Phi) is 7.58. The Labute approximate surface area is 115 Å². The van der Waals surface area contributed by atoms with Gasteiger partial charge in [-0.05, 0) is 38.4 Å². The van der Waals surface area contributed by atoms with Crippen LogP contribution in [0.15, 0.2) is 18.3 Å². The number of unbranched alkanes of at least 4 members (excludes halogenated alkanes) is 3. The molecule has 1 aromatic rings. The number of nitrogens with two attached hydrogens (primary N) is 1. The van der Waals surface area contributed by atoms with E-state index in [-0.39, 0.29) is 5.91 Å². The summed E-state index contributed by atoms with van der Waals surface area (Å²) in [5.74, 6) is -0.130. The molecule has 0 saturated carbocycles. The molecule has 0 aromatic carbocycles. The van der Waals surface area contributed by atoms with Gasteiger partial charge in [0.25, 0.3) is 5.91 Å². The van der Waals surface area contributed by atoms with Crippen LogP contribution >= 0.6 is 0 Å². The SMILES string of the molecule is CCNC(=O)c1cc(NCCCCCCN)ccn1. The first kappa shape index (κ1) is 15.4. The van der Waals surface area contributed by atoms with Crippen LogP contribution in [0, 0.1) is 0 Å². The van der Waals surface area contributed by atoms with E-state index in [2.05, 4.69) is 15.6 Å². The van der Waals surface area contributed by atoms with Gasteiger partial charge in [-0.2, -0.15) is 0 Å². The van der Waals surface area contributed by atoms with Crippen molar-refractivity contribution >= 4 is 11.6 Å². The van der Waals surface area contributed by atoms with Crippen LogP contribution in [0.1, 0.15) is 43.1 Å². The maximum absolute atomic E-state index is 11.6. The Morgan fingerprint density at radius 2 is 2.11 bits per heavy atom. The molecule has 1 heterocycles. The first-order valence-electron chi connectivity index (χ1n) is 6.96. The van der Waals surface area contributed by atoms with Crippen molar-refractivity contribution < 1.29 is 4.79 Å². The summed E-state index contributed by atoms with van der Waals surface area (Å²) >= 11 is 0. The normalized spacial score (nSPS) is 10.2. The number of nitrogens with zero attached hydrogens (tertiary/aromatic N) is 1. The van der Waals surface area contributed by atoms with E-state index in [1.165, 1.54) is 12.8 Å². The molecule has 1 rings (SSSR count). The van der Waals surface area contributed by atoms with E-state index >= 15 is 0 Å². The number of anilines is 1. The second-order valence-corrected chi connectivity index (χ2v) is 4.42. The lowest BCUT2D eigenvalue weighted by molar-refractivity contribution is 0.0951. The van der Waals surface area contributed by atoms with Crippen molar-refractivity contribution in [2.45, 2.75) is 32.6 Å². The standard InChI is InChI=1S/C14H24N4O/c1-2-16-14(19)13-11-12(7-10-18-13)17-9-6-4-3-5-8-15/h7,10-11H,2-6,8-9,15H2,1H3,(H,16,19)(H,17,18). The van der Waals surface area contributed by atoms with Gasteiger partial charge in [0.1, 0.15) is 5.69 Å². The molecule has 0 aliphatic rings. The summed E-state index contributed by atoms with van der Waals surface area (Å²) in [6, 6.07) is 3.66. The van der Waals surface area contributed by atoms with Crippen LogP contribution in [0.2, 0.25) is 0 Å². The molecule has 0 bridgehead atoms. The molecule has 0 atom stereocenters. The van der Waals surface area contributed by atoms with Crippen molar-refractivity contribution in [3.63, 3.8) is 0 Å². The lowest BCUT2D eigenvalue weighted by atomic mass is 10.2. The van der Waals surface area contributed by atoms with Gasteiger partial charge in [0.15, 0.2) is 0 Å². The Morgan fingerprint density at radius 3 is 2.84 bits per heavy atom. The van der Waals surface area contributed by atoms with E-state index in [0.717, 1.165) is 31.6 Å². The Morgan fingerprint density at radius 1 is 1.32 bits per heavy atom. The fourth-order valence-electron chi connectivity index (χ4n) is 1.77. The van der Waals surface area contributed by atoms with Crippen molar-refractivity contribution in [3.05, 3.63) is 24.0 Å². The third-order valence-corrected chi connectivity index (χ3v) is 2.79. The zero-order chi connectivity index (χ0) is 13.9. The number of hydrogen-bond donors (Lipinski definition) is 3. The number of pyridine rings is 1. The van der Waals surface area contributed by atoms with Crippen molar-refractivity contribution in [2.75, 3.05) is 25.0 Å². The highest BCUT2D eigenvalue weighted by Gasteiger charge is 2.05. The van der Waals surface area contributed by atoms with E-state index in [1.807, 2.05) is 13.0 Å². The van der Waals surface area contributed by atoms with Crippen molar-refractivity contribution in [2.24, 2.45) is 5.73 Å². The van der Waals surface area contributed by atoms with Crippen LogP contribution in [0.3, 0.4) is 0 Å². The molecule has 0 spiro atoms. The lowest BCUT2D eigenvalue weighted by Crippen LogP contribution is -2.23. The quantitative estimate of drug-likeness (QED) is 0.594. The van der Waals surface area contributed by atoms with Gasteiger partial charge < -0.3 is 16.4 Å². The number of carbonyl (C=O) groups excluding carboxylic acids is 1. The highest BCUT2D eigenvalue weighted by Crippen LogP contribution is 2.08. The zero-order valence-electron chi connectivity index (χ0n) is 11.6. The van der Waals surface area contributed by atoms with Crippen LogP contribution in [0.5, 0.6) is 0 Å². The number of aromatic nitrogens is 1. The average molecular weight is 264 g/mol. The largest absolute Gasteiger partial charge is 0.385 e. The summed E-state index contributed by atoms with van der Waals surface area (Å²) in [4.78, 5) is 15.7. The highest BCUT2D eigenvalue weighted by molar-refractivity contribution is 5.93. The van der Waals surface area contributed by atoms with Crippen LogP contribution in [-0.2, 0) is 0 Å². The van der Waals surface area contributed by atoms with Crippen LogP contribution in [0.4, 0.5) is 5.69 Å². The molecule has 5 nitrogen and oxygen atoms in total. The number of amides is 1. The third kappa shape index (κ3) is 6.20. The molecule has 5 heteroatoms. The van der Waals surface area contributed by atoms with Gasteiger partial charge >= 0.3 is 0 Å². The molecular formula is C14H24N4O. The molecule has 0 aliphatic carbocycles. The predicted molar refractivity (Wildman–Crippen MR) is 78.3 cm³/mol. The van der Waals surface area contributed by atoms with Gasteiger partial charge in [0, 0.05) is 25.0 Å². The summed E-state index contributed by atoms with van der Waals surface area (Å²) in [5, 5.41) is 6.05. The average Bonchev–Trinajstić information content (AvgIpc) is 2.43. The third-order valence-electron chi connectivity index (χ3n) is 2.79. The Hall–Kier alpha value is -1.62. The molecule has 19 heavy (non-hydrogen) atoms. The number of hydrogen-bond acceptors (Lipinski definition) is 4. The van der Waals surface area contributed by atoms with Gasteiger partial charge in [-0.15, -0.1) is 0 Å². The number of rotatable bonds is 9. The summed E-state index contributed by atoms with van der Waals surface area (Å²) in [6.07, 6.45) is 6.22. The molecule has 106 valence electrons.